The van der Waals surface area contributed by atoms with Gasteiger partial charge in [0.1, 0.15) is 0 Å². The van der Waals surface area contributed by atoms with E-state index in [1.165, 1.54) is 30.0 Å². The minimum Gasteiger partial charge on any atom is -0.317 e. The predicted molar refractivity (Wildman–Crippen MR) is 79.1 cm³/mol. The molecule has 0 aliphatic heterocycles. The molecule has 2 rings (SSSR count). The summed E-state index contributed by atoms with van der Waals surface area (Å²) in [6.07, 6.45) is 5.24. The molecule has 1 aliphatic carbocycles. The highest BCUT2D eigenvalue weighted by molar-refractivity contribution is 7.09. The van der Waals surface area contributed by atoms with E-state index in [4.69, 9.17) is 0 Å². The molecule has 2 nitrogen and oxygen atoms in total. The third kappa shape index (κ3) is 3.33. The van der Waals surface area contributed by atoms with E-state index >= 15 is 0 Å². The topological polar surface area (TPSA) is 24.9 Å². The second kappa shape index (κ2) is 6.16. The van der Waals surface area contributed by atoms with Crippen LogP contribution in [0.15, 0.2) is 5.38 Å². The van der Waals surface area contributed by atoms with Gasteiger partial charge in [0.25, 0.3) is 0 Å². The van der Waals surface area contributed by atoms with E-state index in [2.05, 4.69) is 43.5 Å². The Morgan fingerprint density at radius 1 is 1.44 bits per heavy atom. The summed E-state index contributed by atoms with van der Waals surface area (Å²) in [5.74, 6) is 2.49. The van der Waals surface area contributed by atoms with E-state index in [-0.39, 0.29) is 0 Å². The summed E-state index contributed by atoms with van der Waals surface area (Å²) in [5.41, 5.74) is 1.17. The van der Waals surface area contributed by atoms with Crippen molar-refractivity contribution >= 4 is 11.3 Å². The van der Waals surface area contributed by atoms with Crippen molar-refractivity contribution in [2.45, 2.75) is 52.5 Å². The lowest BCUT2D eigenvalue weighted by molar-refractivity contribution is 0.172. The molecule has 1 heterocycles. The van der Waals surface area contributed by atoms with E-state index in [1.807, 2.05) is 11.3 Å². The molecule has 1 aromatic rings. The highest BCUT2D eigenvalue weighted by atomic mass is 32.1. The standard InChI is InChI=1S/C15H26N2S/c1-10(2)12-5-6-14(16-4)13(7-12)8-15-17-11(3)9-18-15/h9-10,12-14,16H,5-8H2,1-4H3. The Balaban J connectivity index is 2.02. The fraction of sp³-hybridized carbons (Fsp3) is 0.800. The summed E-state index contributed by atoms with van der Waals surface area (Å²) >= 11 is 1.83. The summed E-state index contributed by atoms with van der Waals surface area (Å²) in [5, 5.41) is 7.01. The Hall–Kier alpha value is -0.410. The molecule has 0 aromatic carbocycles. The Labute approximate surface area is 115 Å². The molecule has 1 fully saturated rings. The van der Waals surface area contributed by atoms with Gasteiger partial charge in [-0.05, 0) is 51.0 Å². The zero-order valence-electron chi connectivity index (χ0n) is 12.1. The van der Waals surface area contributed by atoms with E-state index in [0.717, 1.165) is 24.2 Å². The molecule has 3 atom stereocenters. The van der Waals surface area contributed by atoms with Crippen LogP contribution in [0.25, 0.3) is 0 Å². The quantitative estimate of drug-likeness (QED) is 0.899. The van der Waals surface area contributed by atoms with Crippen molar-refractivity contribution in [3.63, 3.8) is 0 Å². The lowest BCUT2D eigenvalue weighted by atomic mass is 9.72. The Kier molecular flexibility index (Phi) is 4.79. The van der Waals surface area contributed by atoms with Crippen LogP contribution in [-0.2, 0) is 6.42 Å². The molecule has 0 bridgehead atoms. The number of nitrogens with one attached hydrogen (secondary N) is 1. The molecule has 3 heteroatoms. The summed E-state index contributed by atoms with van der Waals surface area (Å²) in [7, 11) is 2.11. The monoisotopic (exact) mass is 266 g/mol. The SMILES string of the molecule is CNC1CCC(C(C)C)CC1Cc1nc(C)cs1. The van der Waals surface area contributed by atoms with Gasteiger partial charge in [-0.3, -0.25) is 0 Å². The Morgan fingerprint density at radius 3 is 2.78 bits per heavy atom. The molecule has 1 aromatic heterocycles. The molecule has 1 N–H and O–H groups in total. The third-order valence-electron chi connectivity index (χ3n) is 4.44. The first kappa shape index (κ1) is 14.0. The summed E-state index contributed by atoms with van der Waals surface area (Å²) in [6, 6.07) is 0.684. The van der Waals surface area contributed by atoms with Gasteiger partial charge in [-0.15, -0.1) is 11.3 Å². The van der Waals surface area contributed by atoms with Crippen LogP contribution in [-0.4, -0.2) is 18.1 Å². The highest BCUT2D eigenvalue weighted by Gasteiger charge is 2.31. The number of thiazole rings is 1. The molecular formula is C15H26N2S. The van der Waals surface area contributed by atoms with Crippen molar-refractivity contribution in [3.05, 3.63) is 16.1 Å². The van der Waals surface area contributed by atoms with Crippen LogP contribution in [0.2, 0.25) is 0 Å². The summed E-state index contributed by atoms with van der Waals surface area (Å²) in [4.78, 5) is 4.63. The van der Waals surface area contributed by atoms with Crippen molar-refractivity contribution in [2.24, 2.45) is 17.8 Å². The van der Waals surface area contributed by atoms with Gasteiger partial charge in [-0.2, -0.15) is 0 Å². The average molecular weight is 266 g/mol. The number of aromatic nitrogens is 1. The maximum absolute atomic E-state index is 4.63. The third-order valence-corrected chi connectivity index (χ3v) is 5.43. The van der Waals surface area contributed by atoms with Crippen molar-refractivity contribution in [1.29, 1.82) is 0 Å². The van der Waals surface area contributed by atoms with Crippen LogP contribution >= 0.6 is 11.3 Å². The second-order valence-corrected chi connectivity index (χ2v) is 7.00. The average Bonchev–Trinajstić information content (AvgIpc) is 2.74. The zero-order chi connectivity index (χ0) is 13.1. The van der Waals surface area contributed by atoms with Gasteiger partial charge in [0.15, 0.2) is 0 Å². The normalized spacial score (nSPS) is 28.8. The second-order valence-electron chi connectivity index (χ2n) is 6.06. The minimum atomic E-state index is 0.684. The number of hydrogen-bond donors (Lipinski definition) is 1. The first-order valence-corrected chi connectivity index (χ1v) is 8.06. The number of nitrogens with zero attached hydrogens (tertiary/aromatic N) is 1. The maximum Gasteiger partial charge on any atom is 0.0931 e. The van der Waals surface area contributed by atoms with Crippen LogP contribution < -0.4 is 5.32 Å². The van der Waals surface area contributed by atoms with Crippen molar-refractivity contribution < 1.29 is 0 Å². The van der Waals surface area contributed by atoms with Crippen molar-refractivity contribution in [2.75, 3.05) is 7.05 Å². The largest absolute Gasteiger partial charge is 0.317 e. The number of aryl methyl sites for hydroxylation is 1. The Bertz CT molecular complexity index is 372. The van der Waals surface area contributed by atoms with Crippen LogP contribution in [0, 0.1) is 24.7 Å². The molecule has 102 valence electrons. The first-order valence-electron chi connectivity index (χ1n) is 7.18. The highest BCUT2D eigenvalue weighted by Crippen LogP contribution is 2.35. The van der Waals surface area contributed by atoms with Gasteiger partial charge < -0.3 is 5.32 Å². The fourth-order valence-electron chi connectivity index (χ4n) is 3.23. The van der Waals surface area contributed by atoms with Gasteiger partial charge in [0, 0.05) is 23.5 Å². The van der Waals surface area contributed by atoms with Gasteiger partial charge in [-0.1, -0.05) is 13.8 Å². The molecule has 1 aliphatic rings. The lowest BCUT2D eigenvalue weighted by Gasteiger charge is -2.37. The number of rotatable bonds is 4. The van der Waals surface area contributed by atoms with Crippen molar-refractivity contribution in [3.8, 4) is 0 Å². The molecule has 18 heavy (non-hydrogen) atoms. The fourth-order valence-corrected chi connectivity index (χ4v) is 4.10. The van der Waals surface area contributed by atoms with Crippen LogP contribution in [0.5, 0.6) is 0 Å². The smallest absolute Gasteiger partial charge is 0.0931 e. The van der Waals surface area contributed by atoms with Crippen LogP contribution in [0.3, 0.4) is 0 Å². The summed E-state index contributed by atoms with van der Waals surface area (Å²) < 4.78 is 0. The lowest BCUT2D eigenvalue weighted by Crippen LogP contribution is -2.40. The predicted octanol–water partition coefficient (Wildman–Crippen LogP) is 3.65. The molecular weight excluding hydrogens is 240 g/mol. The van der Waals surface area contributed by atoms with Crippen molar-refractivity contribution in [1.82, 2.24) is 10.3 Å². The van der Waals surface area contributed by atoms with Crippen LogP contribution in [0.4, 0.5) is 0 Å². The van der Waals surface area contributed by atoms with E-state index in [1.54, 1.807) is 0 Å². The first-order chi connectivity index (χ1) is 8.60. The van der Waals surface area contributed by atoms with E-state index in [9.17, 15) is 0 Å². The number of hydrogen-bond acceptors (Lipinski definition) is 3. The molecule has 0 spiro atoms. The molecule has 3 unspecified atom stereocenters. The summed E-state index contributed by atoms with van der Waals surface area (Å²) in [6.45, 7) is 6.83. The maximum atomic E-state index is 4.63. The molecule has 0 radical (unpaired) electrons. The van der Waals surface area contributed by atoms with Crippen LogP contribution in [0.1, 0.15) is 43.8 Å². The van der Waals surface area contributed by atoms with Gasteiger partial charge in [0.05, 0.1) is 5.01 Å². The Morgan fingerprint density at radius 2 is 2.22 bits per heavy atom. The van der Waals surface area contributed by atoms with E-state index in [0.29, 0.717) is 6.04 Å². The van der Waals surface area contributed by atoms with Gasteiger partial charge in [0.2, 0.25) is 0 Å². The van der Waals surface area contributed by atoms with Gasteiger partial charge >= 0.3 is 0 Å². The van der Waals surface area contributed by atoms with E-state index < -0.39 is 0 Å². The molecule has 0 amide bonds. The zero-order valence-corrected chi connectivity index (χ0v) is 12.9. The molecule has 1 saturated carbocycles. The minimum absolute atomic E-state index is 0.684. The molecule has 0 saturated heterocycles. The van der Waals surface area contributed by atoms with Gasteiger partial charge in [-0.25, -0.2) is 4.98 Å².